The minimum Gasteiger partial charge on any atom is -0.481 e. The summed E-state index contributed by atoms with van der Waals surface area (Å²) in [6, 6.07) is 14.9. The van der Waals surface area contributed by atoms with Gasteiger partial charge in [0.15, 0.2) is 0 Å². The smallest absolute Gasteiger partial charge is 0.304 e. The predicted octanol–water partition coefficient (Wildman–Crippen LogP) is 5.87. The molecule has 0 spiro atoms. The second kappa shape index (κ2) is 10.1. The molecule has 190 valence electrons. The molecule has 0 fully saturated rings. The number of hydrogen-bond donors (Lipinski definition) is 1. The molecule has 0 radical (unpaired) electrons. The minimum atomic E-state index is -0.880. The highest BCUT2D eigenvalue weighted by atomic mass is 35.5. The third-order valence-corrected chi connectivity index (χ3v) is 7.51. The van der Waals surface area contributed by atoms with Gasteiger partial charge in [-0.15, -0.1) is 5.10 Å². The molecule has 1 N–H and O–H groups in total. The molecule has 1 amide bonds. The second-order valence-electron chi connectivity index (χ2n) is 9.37. The topological polar surface area (TPSA) is 88.3 Å². The number of benzene rings is 3. The van der Waals surface area contributed by atoms with Crippen molar-refractivity contribution in [3.8, 4) is 0 Å². The maximum atomic E-state index is 13.2. The number of fused-ring (bicyclic) bond motifs is 2. The van der Waals surface area contributed by atoms with Gasteiger partial charge in [-0.3, -0.25) is 9.59 Å². The number of aliphatic carboxylic acids is 1. The van der Waals surface area contributed by atoms with E-state index < -0.39 is 5.97 Å². The van der Waals surface area contributed by atoms with Crippen LogP contribution in [-0.2, 0) is 24.3 Å². The molecule has 0 saturated carbocycles. The monoisotopic (exact) mass is 536 g/mol. The van der Waals surface area contributed by atoms with E-state index in [1.807, 2.05) is 42.8 Å². The number of carbonyl (C=O) groups is 2. The summed E-state index contributed by atoms with van der Waals surface area (Å²) in [7, 11) is 0. The maximum absolute atomic E-state index is 13.2. The number of nitrogens with zero attached hydrogens (tertiary/aromatic N) is 4. The first-order valence-corrected chi connectivity index (χ1v) is 12.9. The van der Waals surface area contributed by atoms with Gasteiger partial charge in [-0.05, 0) is 72.4 Å². The highest BCUT2D eigenvalue weighted by molar-refractivity contribution is 6.35. The van der Waals surface area contributed by atoms with Gasteiger partial charge in [0, 0.05) is 41.2 Å². The van der Waals surface area contributed by atoms with Crippen molar-refractivity contribution >= 4 is 46.1 Å². The normalized spacial score (nSPS) is 14.0. The first-order chi connectivity index (χ1) is 17.7. The zero-order chi connectivity index (χ0) is 26.3. The summed E-state index contributed by atoms with van der Waals surface area (Å²) in [4.78, 5) is 26.9. The van der Waals surface area contributed by atoms with Crippen molar-refractivity contribution < 1.29 is 14.7 Å². The molecule has 3 aromatic carbocycles. The molecule has 37 heavy (non-hydrogen) atoms. The number of aromatic nitrogens is 3. The van der Waals surface area contributed by atoms with Crippen LogP contribution in [0.4, 0.5) is 0 Å². The van der Waals surface area contributed by atoms with Crippen molar-refractivity contribution in [2.45, 2.75) is 45.7 Å². The van der Waals surface area contributed by atoms with Crippen molar-refractivity contribution in [2.24, 2.45) is 0 Å². The number of carboxylic acid groups (broad SMARTS) is 1. The highest BCUT2D eigenvalue weighted by Crippen LogP contribution is 2.35. The summed E-state index contributed by atoms with van der Waals surface area (Å²) in [5.41, 5.74) is 7.06. The molecule has 4 aromatic rings. The molecule has 1 unspecified atom stereocenters. The average molecular weight is 537 g/mol. The van der Waals surface area contributed by atoms with Crippen LogP contribution in [0.5, 0.6) is 0 Å². The van der Waals surface area contributed by atoms with Crippen molar-refractivity contribution in [3.05, 3.63) is 92.0 Å². The van der Waals surface area contributed by atoms with E-state index in [1.165, 1.54) is 0 Å². The zero-order valence-corrected chi connectivity index (χ0v) is 22.1. The van der Waals surface area contributed by atoms with Crippen LogP contribution in [0.1, 0.15) is 57.4 Å². The lowest BCUT2D eigenvalue weighted by molar-refractivity contribution is -0.137. The first-order valence-electron chi connectivity index (χ1n) is 12.2. The SMILES string of the molecule is CCn1nnc2c(C)c(C(CC(=O)O)c3ccc4c(c3)CN(C(=O)c3cc(Cl)cc(Cl)c3)CC4)ccc21. The number of hydrogen-bond acceptors (Lipinski definition) is 4. The molecule has 0 aliphatic carbocycles. The van der Waals surface area contributed by atoms with Crippen LogP contribution in [0.25, 0.3) is 11.0 Å². The fourth-order valence-corrected chi connectivity index (χ4v) is 5.73. The van der Waals surface area contributed by atoms with E-state index >= 15 is 0 Å². The van der Waals surface area contributed by atoms with E-state index in [1.54, 1.807) is 23.1 Å². The highest BCUT2D eigenvalue weighted by Gasteiger charge is 2.26. The standard InChI is InChI=1S/C28H26Cl2N4O3/c1-3-34-25-7-6-23(16(2)27(25)31-32-34)24(14-26(35)36)18-5-4-17-8-9-33(15-20(17)10-18)28(37)19-11-21(29)13-22(30)12-19/h4-7,10-13,24H,3,8-9,14-15H2,1-2H3,(H,35,36). The number of carboxylic acids is 1. The van der Waals surface area contributed by atoms with Crippen LogP contribution in [0.3, 0.4) is 0 Å². The lowest BCUT2D eigenvalue weighted by atomic mass is 9.83. The lowest BCUT2D eigenvalue weighted by Gasteiger charge is -2.30. The van der Waals surface area contributed by atoms with E-state index in [9.17, 15) is 14.7 Å². The Morgan fingerprint density at radius 3 is 2.51 bits per heavy atom. The lowest BCUT2D eigenvalue weighted by Crippen LogP contribution is -2.36. The van der Waals surface area contributed by atoms with Gasteiger partial charge in [0.05, 0.1) is 11.9 Å². The number of carbonyl (C=O) groups excluding carboxylic acids is 1. The Balaban J connectivity index is 1.49. The van der Waals surface area contributed by atoms with E-state index in [0.717, 1.165) is 38.9 Å². The van der Waals surface area contributed by atoms with E-state index in [4.69, 9.17) is 23.2 Å². The Kier molecular flexibility index (Phi) is 6.92. The summed E-state index contributed by atoms with van der Waals surface area (Å²) in [5.74, 6) is -1.38. The van der Waals surface area contributed by atoms with Crippen molar-refractivity contribution in [2.75, 3.05) is 6.54 Å². The molecule has 7 nitrogen and oxygen atoms in total. The molecule has 0 bridgehead atoms. The van der Waals surface area contributed by atoms with E-state index in [2.05, 4.69) is 16.4 Å². The maximum Gasteiger partial charge on any atom is 0.304 e. The molecule has 2 heterocycles. The van der Waals surface area contributed by atoms with Crippen LogP contribution >= 0.6 is 23.2 Å². The molecule has 1 aliphatic rings. The second-order valence-corrected chi connectivity index (χ2v) is 10.2. The van der Waals surface area contributed by atoms with Gasteiger partial charge in [-0.25, -0.2) is 4.68 Å². The van der Waals surface area contributed by atoms with Gasteiger partial charge in [-0.2, -0.15) is 0 Å². The van der Waals surface area contributed by atoms with Gasteiger partial charge in [0.25, 0.3) is 5.91 Å². The third kappa shape index (κ3) is 4.93. The van der Waals surface area contributed by atoms with E-state index in [-0.39, 0.29) is 18.2 Å². The Morgan fingerprint density at radius 2 is 1.81 bits per heavy atom. The Labute approximate surface area is 224 Å². The Bertz CT molecular complexity index is 1510. The quantitative estimate of drug-likeness (QED) is 0.332. The fraction of sp³-hybridized carbons (Fsp3) is 0.286. The van der Waals surface area contributed by atoms with Crippen molar-refractivity contribution in [3.63, 3.8) is 0 Å². The largest absolute Gasteiger partial charge is 0.481 e. The van der Waals surface area contributed by atoms with Crippen LogP contribution in [0, 0.1) is 6.92 Å². The molecule has 1 aliphatic heterocycles. The number of aryl methyl sites for hydroxylation is 2. The molecule has 9 heteroatoms. The van der Waals surface area contributed by atoms with Gasteiger partial charge in [0.1, 0.15) is 5.52 Å². The number of halogens is 2. The molecular weight excluding hydrogens is 511 g/mol. The van der Waals surface area contributed by atoms with Gasteiger partial charge >= 0.3 is 5.97 Å². The molecular formula is C28H26Cl2N4O3. The summed E-state index contributed by atoms with van der Waals surface area (Å²) < 4.78 is 1.83. The number of rotatable bonds is 6. The van der Waals surface area contributed by atoms with E-state index in [0.29, 0.717) is 41.7 Å². The summed E-state index contributed by atoms with van der Waals surface area (Å²) in [5, 5.41) is 19.2. The number of amides is 1. The Hall–Kier alpha value is -3.42. The summed E-state index contributed by atoms with van der Waals surface area (Å²) in [6.45, 7) is 5.68. The third-order valence-electron chi connectivity index (χ3n) is 7.08. The van der Waals surface area contributed by atoms with Crippen LogP contribution in [0.2, 0.25) is 10.0 Å². The van der Waals surface area contributed by atoms with Gasteiger partial charge < -0.3 is 10.0 Å². The van der Waals surface area contributed by atoms with Crippen LogP contribution in [0.15, 0.2) is 48.5 Å². The molecule has 1 atom stereocenters. The summed E-state index contributed by atoms with van der Waals surface area (Å²) in [6.07, 6.45) is 0.654. The van der Waals surface area contributed by atoms with Crippen molar-refractivity contribution in [1.82, 2.24) is 19.9 Å². The molecule has 0 saturated heterocycles. The average Bonchev–Trinajstić information content (AvgIpc) is 3.30. The first kappa shape index (κ1) is 25.2. The van der Waals surface area contributed by atoms with Gasteiger partial charge in [0.2, 0.25) is 0 Å². The minimum absolute atomic E-state index is 0.0588. The van der Waals surface area contributed by atoms with Crippen LogP contribution in [-0.4, -0.2) is 43.4 Å². The summed E-state index contributed by atoms with van der Waals surface area (Å²) >= 11 is 12.2. The van der Waals surface area contributed by atoms with Crippen LogP contribution < -0.4 is 0 Å². The Morgan fingerprint density at radius 1 is 1.05 bits per heavy atom. The zero-order valence-electron chi connectivity index (χ0n) is 20.5. The molecule has 1 aromatic heterocycles. The van der Waals surface area contributed by atoms with Crippen molar-refractivity contribution in [1.29, 1.82) is 0 Å². The molecule has 5 rings (SSSR count). The fourth-order valence-electron chi connectivity index (χ4n) is 5.20. The van der Waals surface area contributed by atoms with Gasteiger partial charge in [-0.1, -0.05) is 52.7 Å². The predicted molar refractivity (Wildman–Crippen MR) is 143 cm³/mol.